The van der Waals surface area contributed by atoms with Crippen molar-refractivity contribution in [2.45, 2.75) is 39.7 Å². The molecule has 0 radical (unpaired) electrons. The number of ether oxygens (including phenoxy) is 1. The number of carbonyl (C=O) groups excluding carboxylic acids is 2. The normalized spacial score (nSPS) is 15.6. The lowest BCUT2D eigenvalue weighted by molar-refractivity contribution is -0.149. The first kappa shape index (κ1) is 17.2. The molecule has 1 amide bonds. The molecule has 1 saturated heterocycles. The minimum atomic E-state index is -0.152. The molecule has 0 aromatic carbocycles. The molecule has 0 atom stereocenters. The Morgan fingerprint density at radius 1 is 1.35 bits per heavy atom. The third kappa shape index (κ3) is 4.68. The van der Waals surface area contributed by atoms with Crippen LogP contribution in [0.25, 0.3) is 0 Å². The van der Waals surface area contributed by atoms with Gasteiger partial charge in [0.1, 0.15) is 11.5 Å². The molecule has 1 fully saturated rings. The van der Waals surface area contributed by atoms with Crippen LogP contribution in [0.4, 0.5) is 5.82 Å². The summed E-state index contributed by atoms with van der Waals surface area (Å²) in [7, 11) is 0. The fourth-order valence-electron chi connectivity index (χ4n) is 2.67. The lowest BCUT2D eigenvalue weighted by Crippen LogP contribution is -2.41. The van der Waals surface area contributed by atoms with Crippen LogP contribution in [0.15, 0.2) is 18.2 Å². The Kier molecular flexibility index (Phi) is 5.96. The van der Waals surface area contributed by atoms with E-state index in [-0.39, 0.29) is 23.8 Å². The minimum absolute atomic E-state index is 0.0836. The van der Waals surface area contributed by atoms with Crippen LogP contribution in [-0.2, 0) is 9.53 Å². The molecule has 1 aliphatic rings. The number of hydrogen-bond donors (Lipinski definition) is 1. The maximum Gasteiger partial charge on any atom is 0.309 e. The summed E-state index contributed by atoms with van der Waals surface area (Å²) >= 11 is 0. The van der Waals surface area contributed by atoms with Crippen molar-refractivity contribution < 1.29 is 14.3 Å². The van der Waals surface area contributed by atoms with E-state index in [9.17, 15) is 9.59 Å². The first-order valence-electron chi connectivity index (χ1n) is 8.20. The summed E-state index contributed by atoms with van der Waals surface area (Å²) in [4.78, 5) is 30.4. The van der Waals surface area contributed by atoms with Crippen molar-refractivity contribution in [3.63, 3.8) is 0 Å². The molecule has 1 N–H and O–H groups in total. The zero-order chi connectivity index (χ0) is 16.8. The molecule has 1 aromatic rings. The Balaban J connectivity index is 1.96. The highest BCUT2D eigenvalue weighted by molar-refractivity contribution is 5.92. The molecule has 0 aliphatic carbocycles. The number of nitrogens with zero attached hydrogens (tertiary/aromatic N) is 2. The Bertz CT molecular complexity index is 552. The van der Waals surface area contributed by atoms with Crippen LogP contribution in [0.3, 0.4) is 0 Å². The molecule has 6 nitrogen and oxygen atoms in total. The van der Waals surface area contributed by atoms with E-state index in [1.807, 2.05) is 26.0 Å². The Hall–Kier alpha value is -2.11. The second kappa shape index (κ2) is 7.94. The maximum atomic E-state index is 12.6. The van der Waals surface area contributed by atoms with Gasteiger partial charge in [-0.3, -0.25) is 9.59 Å². The SMILES string of the molecule is CCOC(=O)C1CCN(C(=O)c2cccc(NC(C)C)n2)CC1. The van der Waals surface area contributed by atoms with Gasteiger partial charge in [-0.1, -0.05) is 6.07 Å². The molecule has 23 heavy (non-hydrogen) atoms. The largest absolute Gasteiger partial charge is 0.466 e. The quantitative estimate of drug-likeness (QED) is 0.843. The van der Waals surface area contributed by atoms with E-state index in [1.165, 1.54) is 0 Å². The van der Waals surface area contributed by atoms with Gasteiger partial charge in [-0.25, -0.2) is 4.98 Å². The van der Waals surface area contributed by atoms with Crippen LogP contribution < -0.4 is 5.32 Å². The lowest BCUT2D eigenvalue weighted by Gasteiger charge is -2.30. The van der Waals surface area contributed by atoms with Crippen molar-refractivity contribution >= 4 is 17.7 Å². The minimum Gasteiger partial charge on any atom is -0.466 e. The standard InChI is InChI=1S/C17H25N3O3/c1-4-23-17(22)13-8-10-20(11-9-13)16(21)14-6-5-7-15(19-14)18-12(2)3/h5-7,12-13H,4,8-11H2,1-3H3,(H,18,19). The number of amides is 1. The van der Waals surface area contributed by atoms with E-state index < -0.39 is 0 Å². The van der Waals surface area contributed by atoms with Gasteiger partial charge in [0.2, 0.25) is 0 Å². The van der Waals surface area contributed by atoms with Crippen LogP contribution in [0.1, 0.15) is 44.1 Å². The predicted molar refractivity (Wildman–Crippen MR) is 88.3 cm³/mol. The monoisotopic (exact) mass is 319 g/mol. The van der Waals surface area contributed by atoms with Crippen LogP contribution in [0.2, 0.25) is 0 Å². The van der Waals surface area contributed by atoms with Gasteiger partial charge >= 0.3 is 5.97 Å². The summed E-state index contributed by atoms with van der Waals surface area (Å²) in [5.74, 6) is 0.369. The highest BCUT2D eigenvalue weighted by Gasteiger charge is 2.29. The molecule has 0 spiro atoms. The van der Waals surface area contributed by atoms with Crippen molar-refractivity contribution in [1.82, 2.24) is 9.88 Å². The number of hydrogen-bond acceptors (Lipinski definition) is 5. The van der Waals surface area contributed by atoms with Gasteiger partial charge < -0.3 is 15.0 Å². The number of likely N-dealkylation sites (tertiary alicyclic amines) is 1. The summed E-state index contributed by atoms with van der Waals surface area (Å²) in [6, 6.07) is 5.67. The number of nitrogens with one attached hydrogen (secondary N) is 1. The van der Waals surface area contributed by atoms with E-state index in [0.29, 0.717) is 44.0 Å². The Labute approximate surface area is 137 Å². The number of esters is 1. The highest BCUT2D eigenvalue weighted by Crippen LogP contribution is 2.20. The van der Waals surface area contributed by atoms with Gasteiger partial charge in [0.05, 0.1) is 12.5 Å². The molecular weight excluding hydrogens is 294 g/mol. The van der Waals surface area contributed by atoms with E-state index in [2.05, 4.69) is 10.3 Å². The lowest BCUT2D eigenvalue weighted by atomic mass is 9.97. The smallest absolute Gasteiger partial charge is 0.309 e. The number of anilines is 1. The average molecular weight is 319 g/mol. The summed E-state index contributed by atoms with van der Waals surface area (Å²) in [6.45, 7) is 7.38. The molecule has 6 heteroatoms. The van der Waals surface area contributed by atoms with Gasteiger partial charge in [-0.05, 0) is 45.7 Å². The number of piperidine rings is 1. The van der Waals surface area contributed by atoms with Crippen LogP contribution >= 0.6 is 0 Å². The molecular formula is C17H25N3O3. The Morgan fingerprint density at radius 3 is 2.65 bits per heavy atom. The number of aromatic nitrogens is 1. The van der Waals surface area contributed by atoms with Crippen molar-refractivity contribution in [3.05, 3.63) is 23.9 Å². The zero-order valence-corrected chi connectivity index (χ0v) is 14.0. The van der Waals surface area contributed by atoms with Crippen molar-refractivity contribution in [3.8, 4) is 0 Å². The van der Waals surface area contributed by atoms with Gasteiger partial charge in [0, 0.05) is 19.1 Å². The molecule has 0 unspecified atom stereocenters. The molecule has 1 aliphatic heterocycles. The maximum absolute atomic E-state index is 12.6. The third-order valence-electron chi connectivity index (χ3n) is 3.81. The number of pyridine rings is 1. The molecule has 0 bridgehead atoms. The number of carbonyl (C=O) groups is 2. The van der Waals surface area contributed by atoms with E-state index in [1.54, 1.807) is 17.9 Å². The zero-order valence-electron chi connectivity index (χ0n) is 14.0. The van der Waals surface area contributed by atoms with E-state index in [4.69, 9.17) is 4.74 Å². The van der Waals surface area contributed by atoms with E-state index in [0.717, 1.165) is 0 Å². The van der Waals surface area contributed by atoms with Crippen molar-refractivity contribution in [2.24, 2.45) is 5.92 Å². The van der Waals surface area contributed by atoms with Crippen LogP contribution in [0, 0.1) is 5.92 Å². The van der Waals surface area contributed by atoms with E-state index >= 15 is 0 Å². The molecule has 2 rings (SSSR count). The summed E-state index contributed by atoms with van der Waals surface area (Å²) in [5, 5.41) is 3.20. The second-order valence-corrected chi connectivity index (χ2v) is 6.03. The van der Waals surface area contributed by atoms with Crippen LogP contribution in [0.5, 0.6) is 0 Å². The molecule has 2 heterocycles. The molecule has 1 aromatic heterocycles. The van der Waals surface area contributed by atoms with Gasteiger partial charge in [-0.2, -0.15) is 0 Å². The molecule has 0 saturated carbocycles. The van der Waals surface area contributed by atoms with Gasteiger partial charge in [-0.15, -0.1) is 0 Å². The highest BCUT2D eigenvalue weighted by atomic mass is 16.5. The number of rotatable bonds is 5. The Morgan fingerprint density at radius 2 is 2.04 bits per heavy atom. The van der Waals surface area contributed by atoms with Crippen LogP contribution in [-0.4, -0.2) is 47.5 Å². The summed E-state index contributed by atoms with van der Waals surface area (Å²) < 4.78 is 5.05. The summed E-state index contributed by atoms with van der Waals surface area (Å²) in [5.41, 5.74) is 0.435. The third-order valence-corrected chi connectivity index (χ3v) is 3.81. The summed E-state index contributed by atoms with van der Waals surface area (Å²) in [6.07, 6.45) is 1.29. The fourth-order valence-corrected chi connectivity index (χ4v) is 2.67. The van der Waals surface area contributed by atoms with Gasteiger partial charge in [0.15, 0.2) is 0 Å². The topological polar surface area (TPSA) is 71.5 Å². The average Bonchev–Trinajstić information content (AvgIpc) is 2.54. The van der Waals surface area contributed by atoms with Crippen molar-refractivity contribution in [1.29, 1.82) is 0 Å². The van der Waals surface area contributed by atoms with Crippen molar-refractivity contribution in [2.75, 3.05) is 25.0 Å². The second-order valence-electron chi connectivity index (χ2n) is 6.03. The fraction of sp³-hybridized carbons (Fsp3) is 0.588. The predicted octanol–water partition coefficient (Wildman–Crippen LogP) is 2.32. The first-order chi connectivity index (χ1) is 11.0. The first-order valence-corrected chi connectivity index (χ1v) is 8.20. The van der Waals surface area contributed by atoms with Gasteiger partial charge in [0.25, 0.3) is 5.91 Å². The molecule has 126 valence electrons.